The van der Waals surface area contributed by atoms with E-state index in [1.54, 1.807) is 12.1 Å². The van der Waals surface area contributed by atoms with Crippen LogP contribution in [0.1, 0.15) is 23.1 Å². The zero-order valence-electron chi connectivity index (χ0n) is 17.9. The fourth-order valence-corrected chi connectivity index (χ4v) is 4.33. The maximum absolute atomic E-state index is 12.7. The summed E-state index contributed by atoms with van der Waals surface area (Å²) in [6, 6.07) is 8.70. The van der Waals surface area contributed by atoms with E-state index in [0.717, 1.165) is 4.90 Å². The summed E-state index contributed by atoms with van der Waals surface area (Å²) in [5.41, 5.74) is 0.151. The van der Waals surface area contributed by atoms with Crippen molar-refractivity contribution in [2.24, 2.45) is 0 Å². The van der Waals surface area contributed by atoms with Gasteiger partial charge in [0.25, 0.3) is 0 Å². The van der Waals surface area contributed by atoms with E-state index in [9.17, 15) is 44.7 Å². The number of Topliss-reactive ketones (excluding diaryl/α,β-unsaturated/α-hetero) is 1. The van der Waals surface area contributed by atoms with Gasteiger partial charge in [-0.1, -0.05) is 36.4 Å². The molecule has 180 valence electrons. The summed E-state index contributed by atoms with van der Waals surface area (Å²) in [5, 5.41) is 49.3. The molecule has 11 nitrogen and oxygen atoms in total. The summed E-state index contributed by atoms with van der Waals surface area (Å²) >= 11 is 0. The lowest BCUT2D eigenvalue weighted by molar-refractivity contribution is -0.148. The van der Waals surface area contributed by atoms with Crippen molar-refractivity contribution in [1.29, 1.82) is 0 Å². The molecule has 2 aromatic carbocycles. The summed E-state index contributed by atoms with van der Waals surface area (Å²) in [6.45, 7) is -1.33. The van der Waals surface area contributed by atoms with Crippen LogP contribution in [0, 0.1) is 0 Å². The molecule has 3 unspecified atom stereocenters. The maximum Gasteiger partial charge on any atom is 0.325 e. The van der Waals surface area contributed by atoms with Gasteiger partial charge in [-0.15, -0.1) is 0 Å². The van der Waals surface area contributed by atoms with Gasteiger partial charge in [0.05, 0.1) is 19.0 Å². The predicted molar refractivity (Wildman–Crippen MR) is 117 cm³/mol. The number of carbonyl (C=O) groups is 4. The largest absolute Gasteiger partial charge is 0.508 e. The fourth-order valence-electron chi connectivity index (χ4n) is 4.33. The third-order valence-corrected chi connectivity index (χ3v) is 5.78. The standard InChI is InChI=1S/C23H24N2O9/c26-15-7-3-1-5-13(15)19-17(28)11-24(21(19)23(33)34)9-10-25(12-18(29)30)20(22(31)32)14-6-2-4-8-16(14)27/h1-8,19-21,26-27H,9-12H2,(H,29,30)(H,31,32)(H,33,34). The number of carboxylic acids is 3. The van der Waals surface area contributed by atoms with Crippen LogP contribution in [0.5, 0.6) is 11.5 Å². The lowest BCUT2D eigenvalue weighted by Gasteiger charge is -2.31. The lowest BCUT2D eigenvalue weighted by atomic mass is 9.90. The summed E-state index contributed by atoms with van der Waals surface area (Å²) in [5.74, 6) is -6.15. The average molecular weight is 472 g/mol. The molecule has 0 bridgehead atoms. The minimum absolute atomic E-state index is 0.0179. The highest BCUT2D eigenvalue weighted by Crippen LogP contribution is 2.36. The SMILES string of the molecule is O=C(O)CN(CCN1CC(=O)C(c2ccccc2O)C1C(=O)O)C(C(=O)O)c1ccccc1O. The second-order valence-corrected chi connectivity index (χ2v) is 7.92. The Bertz CT molecular complexity index is 1100. The van der Waals surface area contributed by atoms with Crippen LogP contribution in [-0.4, -0.2) is 91.2 Å². The van der Waals surface area contributed by atoms with Gasteiger partial charge in [-0.25, -0.2) is 0 Å². The molecular formula is C23H24N2O9. The molecule has 0 saturated carbocycles. The maximum atomic E-state index is 12.7. The molecule has 0 spiro atoms. The van der Waals surface area contributed by atoms with Gasteiger partial charge in [-0.05, 0) is 12.1 Å². The van der Waals surface area contributed by atoms with Gasteiger partial charge in [0.2, 0.25) is 0 Å². The van der Waals surface area contributed by atoms with E-state index < -0.39 is 48.2 Å². The summed E-state index contributed by atoms with van der Waals surface area (Å²) < 4.78 is 0. The predicted octanol–water partition coefficient (Wildman–Crippen LogP) is 0.732. The average Bonchev–Trinajstić information content (AvgIpc) is 3.09. The van der Waals surface area contributed by atoms with Crippen molar-refractivity contribution in [3.05, 3.63) is 59.7 Å². The molecule has 0 aliphatic carbocycles. The second-order valence-electron chi connectivity index (χ2n) is 7.92. The van der Waals surface area contributed by atoms with Gasteiger partial charge in [0, 0.05) is 24.2 Å². The number of benzene rings is 2. The fraction of sp³-hybridized carbons (Fsp3) is 0.304. The first-order valence-corrected chi connectivity index (χ1v) is 10.4. The Balaban J connectivity index is 1.88. The second kappa shape index (κ2) is 10.3. The molecule has 3 rings (SSSR count). The van der Waals surface area contributed by atoms with E-state index in [2.05, 4.69) is 0 Å². The van der Waals surface area contributed by atoms with Crippen molar-refractivity contribution in [3.63, 3.8) is 0 Å². The van der Waals surface area contributed by atoms with Crippen molar-refractivity contribution in [2.75, 3.05) is 26.2 Å². The molecular weight excluding hydrogens is 448 g/mol. The van der Waals surface area contributed by atoms with Gasteiger partial charge in [0.1, 0.15) is 23.6 Å². The Morgan fingerprint density at radius 2 is 1.59 bits per heavy atom. The number of rotatable bonds is 10. The van der Waals surface area contributed by atoms with Crippen LogP contribution in [0.3, 0.4) is 0 Å². The molecule has 1 aliphatic heterocycles. The number of likely N-dealkylation sites (tertiary alicyclic amines) is 1. The van der Waals surface area contributed by atoms with Crippen LogP contribution in [0.4, 0.5) is 0 Å². The zero-order chi connectivity index (χ0) is 25.0. The molecule has 1 fully saturated rings. The topological polar surface area (TPSA) is 176 Å². The molecule has 0 radical (unpaired) electrons. The number of carbonyl (C=O) groups excluding carboxylic acids is 1. The molecule has 0 aromatic heterocycles. The van der Waals surface area contributed by atoms with E-state index in [-0.39, 0.29) is 42.3 Å². The molecule has 0 amide bonds. The highest BCUT2D eigenvalue weighted by molar-refractivity contribution is 5.97. The Kier molecular flexibility index (Phi) is 7.49. The molecule has 5 N–H and O–H groups in total. The van der Waals surface area contributed by atoms with Gasteiger partial charge in [-0.2, -0.15) is 0 Å². The highest BCUT2D eigenvalue weighted by Gasteiger charge is 2.47. The number of aliphatic carboxylic acids is 3. The summed E-state index contributed by atoms with van der Waals surface area (Å²) in [7, 11) is 0. The smallest absolute Gasteiger partial charge is 0.325 e. The summed E-state index contributed by atoms with van der Waals surface area (Å²) in [4.78, 5) is 50.7. The quantitative estimate of drug-likeness (QED) is 0.329. The molecule has 2 aromatic rings. The minimum Gasteiger partial charge on any atom is -0.508 e. The third kappa shape index (κ3) is 5.16. The molecule has 1 saturated heterocycles. The first kappa shape index (κ1) is 24.7. The summed E-state index contributed by atoms with van der Waals surface area (Å²) in [6.07, 6.45) is 0. The third-order valence-electron chi connectivity index (χ3n) is 5.78. The van der Waals surface area contributed by atoms with E-state index in [1.807, 2.05) is 0 Å². The van der Waals surface area contributed by atoms with Crippen molar-refractivity contribution >= 4 is 23.7 Å². The Morgan fingerprint density at radius 3 is 2.15 bits per heavy atom. The number of phenols is 2. The zero-order valence-corrected chi connectivity index (χ0v) is 17.9. The van der Waals surface area contributed by atoms with Crippen LogP contribution >= 0.6 is 0 Å². The number of para-hydroxylation sites is 2. The number of hydrogen-bond acceptors (Lipinski definition) is 8. The molecule has 34 heavy (non-hydrogen) atoms. The van der Waals surface area contributed by atoms with Crippen molar-refractivity contribution in [3.8, 4) is 11.5 Å². The van der Waals surface area contributed by atoms with Crippen LogP contribution in [0.25, 0.3) is 0 Å². The van der Waals surface area contributed by atoms with E-state index >= 15 is 0 Å². The minimum atomic E-state index is -1.52. The van der Waals surface area contributed by atoms with Crippen molar-refractivity contribution in [1.82, 2.24) is 9.80 Å². The van der Waals surface area contributed by atoms with Gasteiger partial charge < -0.3 is 25.5 Å². The van der Waals surface area contributed by atoms with Crippen LogP contribution in [0.15, 0.2) is 48.5 Å². The monoisotopic (exact) mass is 472 g/mol. The molecule has 1 aliphatic rings. The van der Waals surface area contributed by atoms with Crippen LogP contribution in [0.2, 0.25) is 0 Å². The number of aromatic hydroxyl groups is 2. The van der Waals surface area contributed by atoms with E-state index in [0.29, 0.717) is 0 Å². The Labute approximate surface area is 194 Å². The first-order chi connectivity index (χ1) is 16.1. The Morgan fingerprint density at radius 1 is 0.971 bits per heavy atom. The number of nitrogens with zero attached hydrogens (tertiary/aromatic N) is 2. The molecule has 11 heteroatoms. The van der Waals surface area contributed by atoms with E-state index in [1.165, 1.54) is 41.3 Å². The Hall–Kier alpha value is -3.96. The van der Waals surface area contributed by atoms with Gasteiger partial charge in [-0.3, -0.25) is 29.0 Å². The number of ketones is 1. The molecule has 1 heterocycles. The number of carboxylic acid groups (broad SMARTS) is 3. The molecule has 3 atom stereocenters. The first-order valence-electron chi connectivity index (χ1n) is 10.4. The normalized spacial score (nSPS) is 19.3. The van der Waals surface area contributed by atoms with E-state index in [4.69, 9.17) is 0 Å². The van der Waals surface area contributed by atoms with Gasteiger partial charge >= 0.3 is 17.9 Å². The van der Waals surface area contributed by atoms with Crippen LogP contribution in [-0.2, 0) is 19.2 Å². The lowest BCUT2D eigenvalue weighted by Crippen LogP contribution is -2.46. The number of hydrogen-bond donors (Lipinski definition) is 5. The van der Waals surface area contributed by atoms with Crippen LogP contribution < -0.4 is 0 Å². The number of phenolic OH excluding ortho intramolecular Hbond substituents is 2. The van der Waals surface area contributed by atoms with Gasteiger partial charge in [0.15, 0.2) is 5.78 Å². The van der Waals surface area contributed by atoms with Crippen molar-refractivity contribution in [2.45, 2.75) is 18.0 Å². The highest BCUT2D eigenvalue weighted by atomic mass is 16.4. The van der Waals surface area contributed by atoms with Crippen molar-refractivity contribution < 1.29 is 44.7 Å².